The number of likely N-dealkylation sites (tertiary alicyclic amines) is 1. The summed E-state index contributed by atoms with van der Waals surface area (Å²) >= 11 is 0. The molecule has 0 bridgehead atoms. The second-order valence-electron chi connectivity index (χ2n) is 8.25. The van der Waals surface area contributed by atoms with E-state index in [2.05, 4.69) is 10.3 Å². The van der Waals surface area contributed by atoms with Crippen molar-refractivity contribution in [3.8, 4) is 11.5 Å². The molecule has 3 heterocycles. The van der Waals surface area contributed by atoms with E-state index < -0.39 is 5.60 Å². The zero-order valence-corrected chi connectivity index (χ0v) is 17.4. The predicted octanol–water partition coefficient (Wildman–Crippen LogP) is 2.90. The van der Waals surface area contributed by atoms with Crippen molar-refractivity contribution in [2.24, 2.45) is 0 Å². The largest absolute Gasteiger partial charge is 0.497 e. The van der Waals surface area contributed by atoms with Crippen LogP contribution in [0.4, 0.5) is 0 Å². The van der Waals surface area contributed by atoms with Crippen molar-refractivity contribution in [2.75, 3.05) is 26.7 Å². The number of hydrogen-bond donors (Lipinski definition) is 2. The monoisotopic (exact) mass is 419 g/mol. The van der Waals surface area contributed by atoms with Crippen LogP contribution in [0.2, 0.25) is 0 Å². The molecule has 2 N–H and O–H groups in total. The number of H-pyrrole nitrogens is 1. The molecule has 160 valence electrons. The molecule has 1 saturated heterocycles. The number of carbonyl (C=O) groups is 2. The van der Waals surface area contributed by atoms with Crippen LogP contribution in [-0.2, 0) is 11.2 Å². The number of carbonyl (C=O) groups excluding carboxylic acids is 2. The Balaban J connectivity index is 1.29. The number of nitrogens with one attached hydrogen (secondary N) is 2. The van der Waals surface area contributed by atoms with Gasteiger partial charge in [0.2, 0.25) is 5.91 Å². The first-order chi connectivity index (χ1) is 15.1. The van der Waals surface area contributed by atoms with E-state index in [0.29, 0.717) is 56.0 Å². The van der Waals surface area contributed by atoms with Gasteiger partial charge in [0.15, 0.2) is 0 Å². The summed E-state index contributed by atoms with van der Waals surface area (Å²) in [7, 11) is 1.59. The lowest BCUT2D eigenvalue weighted by Gasteiger charge is -2.41. The second kappa shape index (κ2) is 7.65. The molecule has 1 aromatic heterocycles. The molecule has 7 nitrogen and oxygen atoms in total. The number of methoxy groups -OCH3 is 1. The van der Waals surface area contributed by atoms with Crippen LogP contribution in [0.3, 0.4) is 0 Å². The van der Waals surface area contributed by atoms with Gasteiger partial charge in [-0.15, -0.1) is 0 Å². The molecule has 2 aromatic carbocycles. The minimum Gasteiger partial charge on any atom is -0.497 e. The molecular weight excluding hydrogens is 394 g/mol. The lowest BCUT2D eigenvalue weighted by Crippen LogP contribution is -2.54. The summed E-state index contributed by atoms with van der Waals surface area (Å²) in [5.41, 5.74) is 2.04. The summed E-state index contributed by atoms with van der Waals surface area (Å²) < 4.78 is 11.7. The van der Waals surface area contributed by atoms with Gasteiger partial charge in [0.05, 0.1) is 25.6 Å². The smallest absolute Gasteiger partial charge is 0.255 e. The summed E-state index contributed by atoms with van der Waals surface area (Å²) in [6, 6.07) is 13.3. The standard InChI is InChI=1S/C24H25N3O4/c1-30-17-6-7-19-21(13-17)31-24(15-26-23(19)29)8-10-27(11-9-24)22(28)12-16-14-25-20-5-3-2-4-18(16)20/h2-7,13-14,25H,8-12,15H2,1H3,(H,26,29). The van der Waals surface area contributed by atoms with Crippen molar-refractivity contribution in [2.45, 2.75) is 24.9 Å². The predicted molar refractivity (Wildman–Crippen MR) is 117 cm³/mol. The Morgan fingerprint density at radius 1 is 1.19 bits per heavy atom. The lowest BCUT2D eigenvalue weighted by atomic mass is 9.90. The van der Waals surface area contributed by atoms with Gasteiger partial charge in [0.25, 0.3) is 5.91 Å². The quantitative estimate of drug-likeness (QED) is 0.684. The highest BCUT2D eigenvalue weighted by Crippen LogP contribution is 2.35. The van der Waals surface area contributed by atoms with E-state index in [1.54, 1.807) is 25.3 Å². The minimum atomic E-state index is -0.523. The molecule has 0 radical (unpaired) electrons. The highest BCUT2D eigenvalue weighted by molar-refractivity contribution is 5.97. The van der Waals surface area contributed by atoms with E-state index in [0.717, 1.165) is 16.5 Å². The van der Waals surface area contributed by atoms with Crippen LogP contribution in [0.15, 0.2) is 48.7 Å². The van der Waals surface area contributed by atoms with Crippen molar-refractivity contribution in [1.29, 1.82) is 0 Å². The van der Waals surface area contributed by atoms with Crippen LogP contribution in [-0.4, -0.2) is 54.0 Å². The zero-order chi connectivity index (χ0) is 21.4. The Kier molecular flexibility index (Phi) is 4.81. The van der Waals surface area contributed by atoms with Crippen LogP contribution >= 0.6 is 0 Å². The van der Waals surface area contributed by atoms with Gasteiger partial charge in [-0.1, -0.05) is 18.2 Å². The van der Waals surface area contributed by atoms with Crippen LogP contribution in [0.1, 0.15) is 28.8 Å². The van der Waals surface area contributed by atoms with E-state index >= 15 is 0 Å². The summed E-state index contributed by atoms with van der Waals surface area (Å²) in [4.78, 5) is 30.6. The third-order valence-electron chi connectivity index (χ3n) is 6.37. The highest BCUT2D eigenvalue weighted by Gasteiger charge is 2.41. The molecule has 1 spiro atoms. The molecule has 0 saturated carbocycles. The maximum absolute atomic E-state index is 13.0. The van der Waals surface area contributed by atoms with Gasteiger partial charge >= 0.3 is 0 Å². The first-order valence-corrected chi connectivity index (χ1v) is 10.5. The van der Waals surface area contributed by atoms with Gasteiger partial charge in [0.1, 0.15) is 17.1 Å². The molecular formula is C24H25N3O4. The number of piperidine rings is 1. The Labute approximate surface area is 180 Å². The number of aromatic nitrogens is 1. The van der Waals surface area contributed by atoms with E-state index in [1.807, 2.05) is 35.4 Å². The lowest BCUT2D eigenvalue weighted by molar-refractivity contribution is -0.133. The molecule has 3 aromatic rings. The van der Waals surface area contributed by atoms with Gasteiger partial charge < -0.3 is 24.7 Å². The topological polar surface area (TPSA) is 83.7 Å². The van der Waals surface area contributed by atoms with Crippen LogP contribution in [0.25, 0.3) is 10.9 Å². The Hall–Kier alpha value is -3.48. The number of benzene rings is 2. The summed E-state index contributed by atoms with van der Waals surface area (Å²) in [5.74, 6) is 1.15. The molecule has 31 heavy (non-hydrogen) atoms. The fraction of sp³-hybridized carbons (Fsp3) is 0.333. The van der Waals surface area contributed by atoms with Crippen LogP contribution in [0, 0.1) is 0 Å². The highest BCUT2D eigenvalue weighted by atomic mass is 16.5. The molecule has 0 atom stereocenters. The minimum absolute atomic E-state index is 0.110. The van der Waals surface area contributed by atoms with E-state index in [4.69, 9.17) is 9.47 Å². The van der Waals surface area contributed by atoms with Gasteiger partial charge in [-0.05, 0) is 23.8 Å². The van der Waals surface area contributed by atoms with Crippen LogP contribution < -0.4 is 14.8 Å². The number of fused-ring (bicyclic) bond motifs is 2. The molecule has 0 unspecified atom stereocenters. The Morgan fingerprint density at radius 2 is 2.00 bits per heavy atom. The van der Waals surface area contributed by atoms with Gasteiger partial charge in [-0.25, -0.2) is 0 Å². The Bertz CT molecular complexity index is 1140. The molecule has 5 rings (SSSR count). The van der Waals surface area contributed by atoms with Crippen molar-refractivity contribution in [3.05, 3.63) is 59.8 Å². The van der Waals surface area contributed by atoms with Gasteiger partial charge in [-0.3, -0.25) is 9.59 Å². The number of ether oxygens (including phenoxy) is 2. The average Bonchev–Trinajstić information content (AvgIpc) is 3.15. The number of para-hydroxylation sites is 1. The number of rotatable bonds is 3. The molecule has 1 fully saturated rings. The fourth-order valence-corrected chi connectivity index (χ4v) is 4.50. The normalized spacial score (nSPS) is 17.6. The van der Waals surface area contributed by atoms with Crippen molar-refractivity contribution < 1.29 is 19.1 Å². The second-order valence-corrected chi connectivity index (χ2v) is 8.25. The maximum atomic E-state index is 13.0. The number of amides is 2. The zero-order valence-electron chi connectivity index (χ0n) is 17.4. The number of nitrogens with zero attached hydrogens (tertiary/aromatic N) is 1. The molecule has 7 heteroatoms. The van der Waals surface area contributed by atoms with E-state index in [-0.39, 0.29) is 11.8 Å². The Morgan fingerprint density at radius 3 is 2.81 bits per heavy atom. The average molecular weight is 419 g/mol. The van der Waals surface area contributed by atoms with Gasteiger partial charge in [0, 0.05) is 49.1 Å². The summed E-state index contributed by atoms with van der Waals surface area (Å²) in [6.07, 6.45) is 3.60. The third-order valence-corrected chi connectivity index (χ3v) is 6.37. The summed E-state index contributed by atoms with van der Waals surface area (Å²) in [5, 5.41) is 4.07. The molecule has 2 amide bonds. The van der Waals surface area contributed by atoms with Gasteiger partial charge in [-0.2, -0.15) is 0 Å². The molecule has 2 aliphatic heterocycles. The maximum Gasteiger partial charge on any atom is 0.255 e. The van der Waals surface area contributed by atoms with Crippen LogP contribution in [0.5, 0.6) is 11.5 Å². The van der Waals surface area contributed by atoms with Crippen molar-refractivity contribution >= 4 is 22.7 Å². The van der Waals surface area contributed by atoms with Crippen molar-refractivity contribution in [1.82, 2.24) is 15.2 Å². The fourth-order valence-electron chi connectivity index (χ4n) is 4.50. The van der Waals surface area contributed by atoms with Crippen molar-refractivity contribution in [3.63, 3.8) is 0 Å². The first-order valence-electron chi connectivity index (χ1n) is 10.5. The number of aromatic amines is 1. The summed E-state index contributed by atoms with van der Waals surface area (Å²) in [6.45, 7) is 1.61. The van der Waals surface area contributed by atoms with E-state index in [9.17, 15) is 9.59 Å². The molecule has 0 aliphatic carbocycles. The molecule has 2 aliphatic rings. The first kappa shape index (κ1) is 19.5. The number of hydrogen-bond acceptors (Lipinski definition) is 4. The third kappa shape index (κ3) is 3.60. The van der Waals surface area contributed by atoms with E-state index in [1.165, 1.54) is 0 Å². The SMILES string of the molecule is COc1ccc2c(c1)OC1(CCN(C(=O)Cc3c[nH]c4ccccc34)CC1)CNC2=O.